The van der Waals surface area contributed by atoms with Crippen molar-refractivity contribution in [3.8, 4) is 5.75 Å². The highest BCUT2D eigenvalue weighted by Gasteiger charge is 2.71. The third-order valence-electron chi connectivity index (χ3n) is 8.39. The van der Waals surface area contributed by atoms with Crippen LogP contribution in [0.25, 0.3) is 6.08 Å². The lowest BCUT2D eigenvalue weighted by Gasteiger charge is -2.38. The molecule has 0 bridgehead atoms. The summed E-state index contributed by atoms with van der Waals surface area (Å²) in [5.74, 6) is -1.45. The standard InChI is InChI=1S/C34H26N2O4S/c1-2-19-40-26-15-8-5-12-23(26)30(37)28-29(31(38)27-16-9-20-41-27)36-18-17-21-10-3-4-11-22(21)32(36)34(28)24-13-6-7-14-25(24)35-33(34)39/h2-18,20,28-29,32H,1,19H2,(H,35,39)/t28-,29+,32-,34+/m0/s1. The molecule has 4 atom stereocenters. The third-order valence-corrected chi connectivity index (χ3v) is 9.28. The molecule has 7 rings (SSSR count). The maximum Gasteiger partial charge on any atom is 0.238 e. The minimum absolute atomic E-state index is 0.189. The number of hydrogen-bond acceptors (Lipinski definition) is 6. The number of amides is 1. The van der Waals surface area contributed by atoms with Crippen LogP contribution in [0, 0.1) is 5.92 Å². The van der Waals surface area contributed by atoms with Gasteiger partial charge in [0.25, 0.3) is 0 Å². The van der Waals surface area contributed by atoms with E-state index in [0.717, 1.165) is 16.7 Å². The number of carbonyl (C=O) groups excluding carboxylic acids is 3. The Morgan fingerprint density at radius 2 is 1.76 bits per heavy atom. The number of thiophene rings is 1. The van der Waals surface area contributed by atoms with Gasteiger partial charge < -0.3 is 15.0 Å². The molecule has 41 heavy (non-hydrogen) atoms. The molecule has 4 aromatic rings. The van der Waals surface area contributed by atoms with Crippen molar-refractivity contribution in [1.82, 2.24) is 4.90 Å². The van der Waals surface area contributed by atoms with Crippen molar-refractivity contribution in [2.24, 2.45) is 5.92 Å². The van der Waals surface area contributed by atoms with E-state index in [1.807, 2.05) is 77.2 Å². The first kappa shape index (κ1) is 25.2. The molecule has 1 spiro atoms. The molecule has 3 aromatic carbocycles. The Kier molecular flexibility index (Phi) is 5.98. The summed E-state index contributed by atoms with van der Waals surface area (Å²) in [6.07, 6.45) is 5.46. The molecule has 0 saturated carbocycles. The Labute approximate surface area is 241 Å². The number of para-hydroxylation sites is 2. The zero-order valence-corrected chi connectivity index (χ0v) is 22.8. The van der Waals surface area contributed by atoms with E-state index in [0.29, 0.717) is 21.9 Å². The zero-order valence-electron chi connectivity index (χ0n) is 22.0. The van der Waals surface area contributed by atoms with Gasteiger partial charge in [0.15, 0.2) is 11.6 Å². The molecule has 0 unspecified atom stereocenters. The molecule has 4 heterocycles. The molecule has 0 aliphatic carbocycles. The molecule has 6 nitrogen and oxygen atoms in total. The van der Waals surface area contributed by atoms with Crippen molar-refractivity contribution in [1.29, 1.82) is 0 Å². The lowest BCUT2D eigenvalue weighted by molar-refractivity contribution is -0.122. The quantitative estimate of drug-likeness (QED) is 0.213. The third kappa shape index (κ3) is 3.59. The van der Waals surface area contributed by atoms with Gasteiger partial charge in [0.05, 0.1) is 22.4 Å². The second kappa shape index (κ2) is 9.71. The lowest BCUT2D eigenvalue weighted by atomic mass is 9.62. The van der Waals surface area contributed by atoms with E-state index in [2.05, 4.69) is 11.9 Å². The summed E-state index contributed by atoms with van der Waals surface area (Å²) in [4.78, 5) is 46.4. The van der Waals surface area contributed by atoms with Crippen molar-refractivity contribution < 1.29 is 19.1 Å². The van der Waals surface area contributed by atoms with Gasteiger partial charge in [-0.2, -0.15) is 0 Å². The van der Waals surface area contributed by atoms with Gasteiger partial charge >= 0.3 is 0 Å². The van der Waals surface area contributed by atoms with Crippen LogP contribution in [-0.2, 0) is 10.2 Å². The maximum absolute atomic E-state index is 15.0. The van der Waals surface area contributed by atoms with Crippen LogP contribution in [0.2, 0.25) is 0 Å². The van der Waals surface area contributed by atoms with Crippen LogP contribution in [-0.4, -0.2) is 35.0 Å². The van der Waals surface area contributed by atoms with Gasteiger partial charge in [-0.1, -0.05) is 73.3 Å². The van der Waals surface area contributed by atoms with Crippen molar-refractivity contribution in [3.05, 3.63) is 136 Å². The molecule has 1 fully saturated rings. The topological polar surface area (TPSA) is 75.7 Å². The minimum atomic E-state index is -1.38. The summed E-state index contributed by atoms with van der Waals surface area (Å²) < 4.78 is 5.91. The van der Waals surface area contributed by atoms with Crippen LogP contribution in [0.4, 0.5) is 5.69 Å². The lowest BCUT2D eigenvalue weighted by Crippen LogP contribution is -2.49. The number of nitrogens with one attached hydrogen (secondary N) is 1. The molecule has 7 heteroatoms. The van der Waals surface area contributed by atoms with Gasteiger partial charge in [0.2, 0.25) is 5.91 Å². The smallest absolute Gasteiger partial charge is 0.238 e. The number of benzene rings is 3. The summed E-state index contributed by atoms with van der Waals surface area (Å²) in [7, 11) is 0. The second-order valence-electron chi connectivity index (χ2n) is 10.4. The summed E-state index contributed by atoms with van der Waals surface area (Å²) >= 11 is 1.34. The highest BCUT2D eigenvalue weighted by molar-refractivity contribution is 7.12. The number of Topliss-reactive ketones (excluding diaryl/α,β-unsaturated/α-hetero) is 2. The molecule has 1 aromatic heterocycles. The number of carbonyl (C=O) groups is 3. The molecule has 1 saturated heterocycles. The largest absolute Gasteiger partial charge is 0.489 e. The number of ether oxygens (including phenoxy) is 1. The van der Waals surface area contributed by atoms with E-state index in [-0.39, 0.29) is 24.1 Å². The SMILES string of the molecule is C=CCOc1ccccc1C(=O)[C@@H]1[C@H](C(=O)c2cccs2)N2C=Cc3ccccc3[C@H]2[C@]12C(=O)Nc1ccccc12. The fourth-order valence-electron chi connectivity index (χ4n) is 6.84. The summed E-state index contributed by atoms with van der Waals surface area (Å²) in [5.41, 5.74) is 2.18. The Bertz CT molecular complexity index is 1740. The Morgan fingerprint density at radius 1 is 0.976 bits per heavy atom. The first-order valence-corrected chi connectivity index (χ1v) is 14.4. The molecular weight excluding hydrogens is 532 g/mol. The summed E-state index contributed by atoms with van der Waals surface area (Å²) in [6, 6.07) is 24.5. The van der Waals surface area contributed by atoms with Gasteiger partial charge in [-0.25, -0.2) is 0 Å². The zero-order chi connectivity index (χ0) is 28.1. The van der Waals surface area contributed by atoms with Crippen LogP contribution in [0.15, 0.2) is 109 Å². The van der Waals surface area contributed by atoms with Gasteiger partial charge in [0.1, 0.15) is 23.8 Å². The van der Waals surface area contributed by atoms with E-state index in [1.165, 1.54) is 11.3 Å². The molecule has 1 amide bonds. The van der Waals surface area contributed by atoms with Crippen LogP contribution in [0.1, 0.15) is 42.8 Å². The van der Waals surface area contributed by atoms with Crippen LogP contribution in [0.5, 0.6) is 5.75 Å². The predicted molar refractivity (Wildman–Crippen MR) is 159 cm³/mol. The molecular formula is C34H26N2O4S. The van der Waals surface area contributed by atoms with Gasteiger partial charge in [-0.05, 0) is 52.4 Å². The van der Waals surface area contributed by atoms with Crippen molar-refractivity contribution >= 4 is 40.6 Å². The summed E-state index contributed by atoms with van der Waals surface area (Å²) in [5, 5.41) is 4.93. The fraction of sp³-hybridized carbons (Fsp3) is 0.147. The number of rotatable bonds is 7. The van der Waals surface area contributed by atoms with E-state index < -0.39 is 23.4 Å². The first-order chi connectivity index (χ1) is 20.1. The Morgan fingerprint density at radius 3 is 2.59 bits per heavy atom. The molecule has 202 valence electrons. The highest BCUT2D eigenvalue weighted by atomic mass is 32.1. The van der Waals surface area contributed by atoms with Gasteiger partial charge in [0, 0.05) is 11.9 Å². The predicted octanol–water partition coefficient (Wildman–Crippen LogP) is 6.29. The monoisotopic (exact) mass is 558 g/mol. The molecule has 3 aliphatic heterocycles. The second-order valence-corrected chi connectivity index (χ2v) is 11.3. The van der Waals surface area contributed by atoms with Crippen LogP contribution < -0.4 is 10.1 Å². The van der Waals surface area contributed by atoms with Gasteiger partial charge in [-0.3, -0.25) is 14.4 Å². The van der Waals surface area contributed by atoms with Crippen molar-refractivity contribution in [2.75, 3.05) is 11.9 Å². The maximum atomic E-state index is 15.0. The van der Waals surface area contributed by atoms with E-state index in [9.17, 15) is 9.59 Å². The normalized spacial score (nSPS) is 23.5. The average Bonchev–Trinajstić information content (AvgIpc) is 3.72. The van der Waals surface area contributed by atoms with E-state index in [4.69, 9.17) is 4.74 Å². The fourth-order valence-corrected chi connectivity index (χ4v) is 7.54. The van der Waals surface area contributed by atoms with Crippen LogP contribution >= 0.6 is 11.3 Å². The highest BCUT2D eigenvalue weighted by Crippen LogP contribution is 2.62. The minimum Gasteiger partial charge on any atom is -0.489 e. The van der Waals surface area contributed by atoms with Crippen molar-refractivity contribution in [2.45, 2.75) is 17.5 Å². The Balaban J connectivity index is 1.53. The van der Waals surface area contributed by atoms with Gasteiger partial charge in [-0.15, -0.1) is 11.3 Å². The number of fused-ring (bicyclic) bond motifs is 6. The molecule has 3 aliphatic rings. The Hall–Kier alpha value is -4.75. The molecule has 0 radical (unpaired) electrons. The van der Waals surface area contributed by atoms with E-state index >= 15 is 4.79 Å². The van der Waals surface area contributed by atoms with Crippen molar-refractivity contribution in [3.63, 3.8) is 0 Å². The number of ketones is 2. The molecule has 1 N–H and O–H groups in total. The first-order valence-electron chi connectivity index (χ1n) is 13.5. The number of nitrogens with zero attached hydrogens (tertiary/aromatic N) is 1. The van der Waals surface area contributed by atoms with E-state index in [1.54, 1.807) is 36.4 Å². The summed E-state index contributed by atoms with van der Waals surface area (Å²) in [6.45, 7) is 3.95. The number of anilines is 1. The number of hydrogen-bond donors (Lipinski definition) is 1. The average molecular weight is 559 g/mol. The van der Waals surface area contributed by atoms with Crippen LogP contribution in [0.3, 0.4) is 0 Å².